The third-order valence-electron chi connectivity index (χ3n) is 3.65. The molecule has 0 aromatic rings. The van der Waals surface area contributed by atoms with Crippen molar-refractivity contribution in [3.8, 4) is 0 Å². The molecule has 0 aromatic carbocycles. The van der Waals surface area contributed by atoms with E-state index in [1.807, 2.05) is 25.2 Å². The minimum Gasteiger partial charge on any atom is -0.381 e. The molecule has 1 rings (SSSR count). The molecule has 112 valence electrons. The maximum Gasteiger partial charge on any atom is 0.230 e. The first-order valence-electron chi connectivity index (χ1n) is 7.38. The summed E-state index contributed by atoms with van der Waals surface area (Å²) in [5, 5.41) is 3.09. The van der Waals surface area contributed by atoms with Gasteiger partial charge in [0.1, 0.15) is 0 Å². The molecule has 1 N–H and O–H groups in total. The van der Waals surface area contributed by atoms with Crippen LogP contribution in [-0.4, -0.2) is 25.7 Å². The van der Waals surface area contributed by atoms with Crippen LogP contribution in [0.3, 0.4) is 0 Å². The van der Waals surface area contributed by atoms with E-state index in [4.69, 9.17) is 4.74 Å². The number of carbonyl (C=O) groups is 1. The van der Waals surface area contributed by atoms with E-state index < -0.39 is 5.41 Å². The van der Waals surface area contributed by atoms with E-state index in [2.05, 4.69) is 25.7 Å². The molecule has 0 atom stereocenters. The topological polar surface area (TPSA) is 38.3 Å². The largest absolute Gasteiger partial charge is 0.381 e. The summed E-state index contributed by atoms with van der Waals surface area (Å²) >= 11 is 0. The summed E-state index contributed by atoms with van der Waals surface area (Å²) in [6, 6.07) is 0. The van der Waals surface area contributed by atoms with Crippen LogP contribution in [0.1, 0.15) is 33.6 Å². The molecule has 1 aliphatic rings. The fourth-order valence-electron chi connectivity index (χ4n) is 2.51. The number of nitrogens with one attached hydrogen (secondary N) is 1. The third-order valence-corrected chi connectivity index (χ3v) is 3.65. The van der Waals surface area contributed by atoms with Crippen molar-refractivity contribution in [3.63, 3.8) is 0 Å². The molecule has 1 heterocycles. The molecule has 3 heteroatoms. The molecule has 0 spiro atoms. The quantitative estimate of drug-likeness (QED) is 0.757. The fraction of sp³-hybridized carbons (Fsp3) is 0.588. The van der Waals surface area contributed by atoms with Gasteiger partial charge in [0.25, 0.3) is 0 Å². The molecule has 20 heavy (non-hydrogen) atoms. The minimum absolute atomic E-state index is 0.112. The Morgan fingerprint density at radius 1 is 1.40 bits per heavy atom. The molecule has 1 fully saturated rings. The summed E-state index contributed by atoms with van der Waals surface area (Å²) in [7, 11) is 0. The third kappa shape index (κ3) is 4.07. The Morgan fingerprint density at radius 3 is 2.55 bits per heavy atom. The Hall–Kier alpha value is -1.35. The van der Waals surface area contributed by atoms with Gasteiger partial charge in [-0.25, -0.2) is 0 Å². The van der Waals surface area contributed by atoms with Crippen LogP contribution in [0, 0.1) is 11.3 Å². The number of amides is 1. The molecule has 0 aromatic heterocycles. The summed E-state index contributed by atoms with van der Waals surface area (Å²) in [6.07, 6.45) is 9.13. The van der Waals surface area contributed by atoms with Gasteiger partial charge >= 0.3 is 0 Å². The SMILES string of the molecule is C=CC=C(C=CC)C1(C(=O)NCC(C)C)CCOCC1. The fourth-order valence-corrected chi connectivity index (χ4v) is 2.51. The highest BCUT2D eigenvalue weighted by atomic mass is 16.5. The summed E-state index contributed by atoms with van der Waals surface area (Å²) in [5.74, 6) is 0.560. The summed E-state index contributed by atoms with van der Waals surface area (Å²) < 4.78 is 5.45. The zero-order valence-corrected chi connectivity index (χ0v) is 12.9. The van der Waals surface area contributed by atoms with Crippen LogP contribution in [0.15, 0.2) is 36.5 Å². The van der Waals surface area contributed by atoms with E-state index in [1.165, 1.54) is 0 Å². The van der Waals surface area contributed by atoms with Gasteiger partial charge < -0.3 is 10.1 Å². The van der Waals surface area contributed by atoms with E-state index in [9.17, 15) is 4.79 Å². The molecule has 0 aliphatic carbocycles. The number of ether oxygens (including phenoxy) is 1. The van der Waals surface area contributed by atoms with Gasteiger partial charge in [-0.1, -0.05) is 44.7 Å². The van der Waals surface area contributed by atoms with Crippen LogP contribution < -0.4 is 5.32 Å². The van der Waals surface area contributed by atoms with Gasteiger partial charge in [0.2, 0.25) is 5.91 Å². The Bertz CT molecular complexity index is 388. The zero-order chi connectivity index (χ0) is 15.0. The van der Waals surface area contributed by atoms with Gasteiger partial charge in [-0.2, -0.15) is 0 Å². The Labute approximate surface area is 122 Å². The van der Waals surface area contributed by atoms with Gasteiger partial charge in [-0.15, -0.1) is 0 Å². The lowest BCUT2D eigenvalue weighted by molar-refractivity contribution is -0.133. The predicted octanol–water partition coefficient (Wildman–Crippen LogP) is 3.24. The van der Waals surface area contributed by atoms with Gasteiger partial charge in [0.15, 0.2) is 0 Å². The van der Waals surface area contributed by atoms with Crippen LogP contribution >= 0.6 is 0 Å². The molecular weight excluding hydrogens is 250 g/mol. The molecule has 0 bridgehead atoms. The van der Waals surface area contributed by atoms with E-state index in [0.717, 1.165) is 18.4 Å². The smallest absolute Gasteiger partial charge is 0.230 e. The average Bonchev–Trinajstić information content (AvgIpc) is 2.45. The number of allylic oxidation sites excluding steroid dienone is 4. The second-order valence-corrected chi connectivity index (χ2v) is 5.66. The molecule has 1 saturated heterocycles. The maximum atomic E-state index is 12.7. The second kappa shape index (κ2) is 8.05. The highest BCUT2D eigenvalue weighted by molar-refractivity contribution is 5.87. The molecule has 1 aliphatic heterocycles. The lowest BCUT2D eigenvalue weighted by atomic mass is 9.72. The lowest BCUT2D eigenvalue weighted by Crippen LogP contribution is -2.46. The van der Waals surface area contributed by atoms with Crippen molar-refractivity contribution in [3.05, 3.63) is 36.5 Å². The summed E-state index contributed by atoms with van der Waals surface area (Å²) in [5.41, 5.74) is 0.549. The highest BCUT2D eigenvalue weighted by Gasteiger charge is 2.42. The number of carbonyl (C=O) groups excluding carboxylic acids is 1. The van der Waals surface area contributed by atoms with Crippen molar-refractivity contribution in [2.75, 3.05) is 19.8 Å². The minimum atomic E-state index is -0.478. The Balaban J connectivity index is 3.04. The number of hydrogen-bond donors (Lipinski definition) is 1. The molecule has 0 unspecified atom stereocenters. The average molecular weight is 277 g/mol. The Kier molecular flexibility index (Phi) is 6.73. The monoisotopic (exact) mass is 277 g/mol. The second-order valence-electron chi connectivity index (χ2n) is 5.66. The first kappa shape index (κ1) is 16.7. The number of rotatable bonds is 6. The van der Waals surface area contributed by atoms with E-state index in [-0.39, 0.29) is 5.91 Å². The van der Waals surface area contributed by atoms with E-state index in [1.54, 1.807) is 6.08 Å². The summed E-state index contributed by atoms with van der Waals surface area (Å²) in [6.45, 7) is 11.9. The normalized spacial score (nSPS) is 19.3. The van der Waals surface area contributed by atoms with Crippen molar-refractivity contribution in [2.24, 2.45) is 11.3 Å². The van der Waals surface area contributed by atoms with Gasteiger partial charge in [-0.05, 0) is 31.3 Å². The molecule has 3 nitrogen and oxygen atoms in total. The molecular formula is C17H27NO2. The first-order valence-corrected chi connectivity index (χ1v) is 7.38. The van der Waals surface area contributed by atoms with E-state index in [0.29, 0.717) is 25.7 Å². The van der Waals surface area contributed by atoms with Crippen molar-refractivity contribution in [1.82, 2.24) is 5.32 Å². The Morgan fingerprint density at radius 2 is 2.05 bits per heavy atom. The number of hydrogen-bond acceptors (Lipinski definition) is 2. The van der Waals surface area contributed by atoms with Crippen molar-refractivity contribution in [2.45, 2.75) is 33.6 Å². The molecule has 0 radical (unpaired) electrons. The molecule has 1 amide bonds. The first-order chi connectivity index (χ1) is 9.56. The van der Waals surface area contributed by atoms with Gasteiger partial charge in [-0.3, -0.25) is 4.79 Å². The van der Waals surface area contributed by atoms with Crippen LogP contribution in [0.2, 0.25) is 0 Å². The predicted molar refractivity (Wildman–Crippen MR) is 83.4 cm³/mol. The van der Waals surface area contributed by atoms with E-state index >= 15 is 0 Å². The van der Waals surface area contributed by atoms with Gasteiger partial charge in [0, 0.05) is 19.8 Å². The maximum absolute atomic E-state index is 12.7. The van der Waals surface area contributed by atoms with Crippen molar-refractivity contribution in [1.29, 1.82) is 0 Å². The van der Waals surface area contributed by atoms with Crippen molar-refractivity contribution >= 4 is 5.91 Å². The standard InChI is InChI=1S/C17H27NO2/c1-5-7-15(8-6-2)17(9-11-20-12-10-17)16(19)18-13-14(3)4/h5-8,14H,1,9-13H2,2-4H3,(H,18,19). The zero-order valence-electron chi connectivity index (χ0n) is 12.9. The van der Waals surface area contributed by atoms with Gasteiger partial charge in [0.05, 0.1) is 5.41 Å². The van der Waals surface area contributed by atoms with Crippen molar-refractivity contribution < 1.29 is 9.53 Å². The van der Waals surface area contributed by atoms with Crippen LogP contribution in [0.4, 0.5) is 0 Å². The molecule has 0 saturated carbocycles. The summed E-state index contributed by atoms with van der Waals surface area (Å²) in [4.78, 5) is 12.7. The van der Waals surface area contributed by atoms with Crippen LogP contribution in [-0.2, 0) is 9.53 Å². The lowest BCUT2D eigenvalue weighted by Gasteiger charge is -2.37. The van der Waals surface area contributed by atoms with Crippen LogP contribution in [0.25, 0.3) is 0 Å². The van der Waals surface area contributed by atoms with Crippen LogP contribution in [0.5, 0.6) is 0 Å². The highest BCUT2D eigenvalue weighted by Crippen LogP contribution is 2.39.